The minimum atomic E-state index is -4.01. The molecule has 1 N–H and O–H groups in total. The van der Waals surface area contributed by atoms with Crippen molar-refractivity contribution in [3.05, 3.63) is 12.2 Å². The first kappa shape index (κ1) is 10.8. The molecule has 7 heteroatoms. The van der Waals surface area contributed by atoms with Gasteiger partial charge in [0.2, 0.25) is 0 Å². The highest BCUT2D eigenvalue weighted by atomic mass is 32.2. The summed E-state index contributed by atoms with van der Waals surface area (Å²) < 4.78 is 47.9. The molecule has 0 bridgehead atoms. The standard InChI is InChI=1S/C4H8O5S2/c5-10(6)3-1-2-4-11(7,8)9/h1-2H,3-4H2,(H,5,6)(H,7,8,9)/p-1/b2-1+. The number of hydrogen-bond acceptors (Lipinski definition) is 4. The first-order valence-corrected chi connectivity index (χ1v) is 5.43. The van der Waals surface area contributed by atoms with Gasteiger partial charge in [-0.2, -0.15) is 8.42 Å². The van der Waals surface area contributed by atoms with Crippen LogP contribution in [-0.4, -0.2) is 33.2 Å². The third-order valence-electron chi connectivity index (χ3n) is 0.706. The molecular weight excluding hydrogens is 192 g/mol. The van der Waals surface area contributed by atoms with Crippen LogP contribution in [0.2, 0.25) is 0 Å². The Morgan fingerprint density at radius 3 is 2.36 bits per heavy atom. The molecule has 0 aliphatic heterocycles. The van der Waals surface area contributed by atoms with E-state index in [0.29, 0.717) is 0 Å². The lowest BCUT2D eigenvalue weighted by atomic mass is 10.6. The minimum absolute atomic E-state index is 0.241. The quantitative estimate of drug-likeness (QED) is 0.367. The van der Waals surface area contributed by atoms with E-state index in [4.69, 9.17) is 4.55 Å². The van der Waals surface area contributed by atoms with Gasteiger partial charge in [-0.3, -0.25) is 8.76 Å². The molecule has 0 fully saturated rings. The van der Waals surface area contributed by atoms with Crippen LogP contribution < -0.4 is 0 Å². The fraction of sp³-hybridized carbons (Fsp3) is 0.500. The molecule has 0 amide bonds. The summed E-state index contributed by atoms with van der Waals surface area (Å²) >= 11 is -2.21. The molecule has 11 heavy (non-hydrogen) atoms. The minimum Gasteiger partial charge on any atom is -0.772 e. The second-order valence-electron chi connectivity index (χ2n) is 1.69. The van der Waals surface area contributed by atoms with E-state index in [-0.39, 0.29) is 5.75 Å². The van der Waals surface area contributed by atoms with Crippen LogP contribution in [0.15, 0.2) is 12.2 Å². The maximum absolute atomic E-state index is 10.0. The Labute approximate surface area is 67.2 Å². The van der Waals surface area contributed by atoms with Crippen LogP contribution >= 0.6 is 0 Å². The van der Waals surface area contributed by atoms with Gasteiger partial charge in [0.15, 0.2) is 0 Å². The van der Waals surface area contributed by atoms with E-state index >= 15 is 0 Å². The highest BCUT2D eigenvalue weighted by Gasteiger charge is 1.97. The smallest absolute Gasteiger partial charge is 0.268 e. The van der Waals surface area contributed by atoms with Gasteiger partial charge in [-0.1, -0.05) is 23.2 Å². The molecule has 0 rings (SSSR count). The molecule has 0 aromatic rings. The van der Waals surface area contributed by atoms with E-state index < -0.39 is 27.0 Å². The molecule has 0 aromatic carbocycles. The first-order valence-electron chi connectivity index (χ1n) is 2.58. The van der Waals surface area contributed by atoms with Gasteiger partial charge in [-0.15, -0.1) is 0 Å². The topological polar surface area (TPSA) is 94.5 Å². The fourth-order valence-corrected chi connectivity index (χ4v) is 1.01. The molecule has 5 nitrogen and oxygen atoms in total. The monoisotopic (exact) mass is 199 g/mol. The zero-order chi connectivity index (χ0) is 8.91. The fourth-order valence-electron chi connectivity index (χ4n) is 0.336. The number of hydrogen-bond donors (Lipinski definition) is 1. The van der Waals surface area contributed by atoms with Crippen LogP contribution in [0.3, 0.4) is 0 Å². The largest absolute Gasteiger partial charge is 0.772 e. The van der Waals surface area contributed by atoms with Crippen molar-refractivity contribution in [3.8, 4) is 0 Å². The van der Waals surface area contributed by atoms with Crippen LogP contribution in [0.5, 0.6) is 0 Å². The summed E-state index contributed by atoms with van der Waals surface area (Å²) in [4.78, 5) is 0. The van der Waals surface area contributed by atoms with Crippen LogP contribution in [0.1, 0.15) is 0 Å². The molecule has 0 aliphatic rings. The first-order chi connectivity index (χ1) is 4.92. The van der Waals surface area contributed by atoms with Crippen molar-refractivity contribution < 1.29 is 21.7 Å². The van der Waals surface area contributed by atoms with Gasteiger partial charge in [0, 0.05) is 5.75 Å². The summed E-state index contributed by atoms with van der Waals surface area (Å²) in [6.45, 7) is 0. The van der Waals surface area contributed by atoms with Crippen molar-refractivity contribution in [1.29, 1.82) is 0 Å². The predicted molar refractivity (Wildman–Crippen MR) is 39.3 cm³/mol. The highest BCUT2D eigenvalue weighted by Crippen LogP contribution is 1.84. The lowest BCUT2D eigenvalue weighted by Gasteiger charge is -1.97. The van der Waals surface area contributed by atoms with E-state index in [0.717, 1.165) is 12.2 Å². The summed E-state index contributed by atoms with van der Waals surface area (Å²) in [6, 6.07) is 0. The molecule has 0 saturated carbocycles. The van der Waals surface area contributed by atoms with Crippen molar-refractivity contribution in [1.82, 2.24) is 0 Å². The average molecular weight is 199 g/mol. The van der Waals surface area contributed by atoms with Crippen molar-refractivity contribution in [3.63, 3.8) is 0 Å². The Hall–Kier alpha value is -0.240. The van der Waals surface area contributed by atoms with Gasteiger partial charge in [0.05, 0.1) is 5.75 Å². The Morgan fingerprint density at radius 1 is 1.45 bits per heavy atom. The Morgan fingerprint density at radius 2 is 2.00 bits per heavy atom. The molecule has 1 atom stereocenters. The third-order valence-corrected chi connectivity index (χ3v) is 1.78. The molecule has 0 radical (unpaired) electrons. The van der Waals surface area contributed by atoms with Gasteiger partial charge in [0.1, 0.15) is 0 Å². The van der Waals surface area contributed by atoms with Gasteiger partial charge in [-0.05, 0) is 0 Å². The van der Waals surface area contributed by atoms with Gasteiger partial charge >= 0.3 is 0 Å². The molecule has 66 valence electrons. The van der Waals surface area contributed by atoms with Crippen molar-refractivity contribution in [2.75, 3.05) is 11.5 Å². The van der Waals surface area contributed by atoms with E-state index in [9.17, 15) is 17.2 Å². The van der Waals surface area contributed by atoms with Crippen molar-refractivity contribution in [2.24, 2.45) is 0 Å². The van der Waals surface area contributed by atoms with Crippen LogP contribution in [0, 0.1) is 0 Å². The number of rotatable bonds is 4. The van der Waals surface area contributed by atoms with Crippen molar-refractivity contribution in [2.45, 2.75) is 0 Å². The van der Waals surface area contributed by atoms with Crippen molar-refractivity contribution >= 4 is 21.2 Å². The second-order valence-corrected chi connectivity index (χ2v) is 4.13. The highest BCUT2D eigenvalue weighted by molar-refractivity contribution is 7.85. The molecule has 0 spiro atoms. The molecular formula is C4H7O5S2-. The van der Waals surface area contributed by atoms with Gasteiger partial charge < -0.3 is 4.55 Å². The summed E-state index contributed by atoms with van der Waals surface area (Å²) in [7, 11) is -4.01. The maximum Gasteiger partial charge on any atom is 0.268 e. The Balaban J connectivity index is 3.71. The third kappa shape index (κ3) is 9.76. The second kappa shape index (κ2) is 4.60. The lowest BCUT2D eigenvalue weighted by molar-refractivity contribution is 0.486. The molecule has 0 aliphatic carbocycles. The predicted octanol–water partition coefficient (Wildman–Crippen LogP) is -0.690. The van der Waals surface area contributed by atoms with E-state index in [2.05, 4.69) is 0 Å². The van der Waals surface area contributed by atoms with E-state index in [1.54, 1.807) is 0 Å². The Bertz CT molecular complexity index is 252. The summed E-state index contributed by atoms with van der Waals surface area (Å²) in [5, 5.41) is 0. The molecule has 0 aromatic heterocycles. The summed E-state index contributed by atoms with van der Waals surface area (Å²) in [5.74, 6) is -0.792. The zero-order valence-corrected chi connectivity index (χ0v) is 7.10. The SMILES string of the molecule is O=S([O-])C/C=C/CS(=O)(=O)O. The van der Waals surface area contributed by atoms with Crippen LogP contribution in [0.4, 0.5) is 0 Å². The summed E-state index contributed by atoms with van der Waals surface area (Å²) in [5.41, 5.74) is 0. The maximum atomic E-state index is 10.0. The summed E-state index contributed by atoms with van der Waals surface area (Å²) in [6.07, 6.45) is 2.22. The Kier molecular flexibility index (Phi) is 4.50. The lowest BCUT2D eigenvalue weighted by Crippen LogP contribution is -2.01. The van der Waals surface area contributed by atoms with E-state index in [1.807, 2.05) is 0 Å². The molecule has 1 unspecified atom stereocenters. The normalized spacial score (nSPS) is 15.5. The van der Waals surface area contributed by atoms with Crippen LogP contribution in [0.25, 0.3) is 0 Å². The average Bonchev–Trinajstić information content (AvgIpc) is 1.78. The van der Waals surface area contributed by atoms with E-state index in [1.165, 1.54) is 0 Å². The zero-order valence-electron chi connectivity index (χ0n) is 5.47. The molecule has 0 saturated heterocycles. The van der Waals surface area contributed by atoms with Crippen LogP contribution in [-0.2, 0) is 21.2 Å². The van der Waals surface area contributed by atoms with Gasteiger partial charge in [-0.25, -0.2) is 0 Å². The molecule has 0 heterocycles. The van der Waals surface area contributed by atoms with Gasteiger partial charge in [0.25, 0.3) is 10.1 Å².